The van der Waals surface area contributed by atoms with Crippen LogP contribution in [0.5, 0.6) is 0 Å². The number of nitrogens with zero attached hydrogens (tertiary/aromatic N) is 1. The second kappa shape index (κ2) is 62.1. The molecule has 2 unspecified atom stereocenters. The van der Waals surface area contributed by atoms with Crippen LogP contribution in [0.2, 0.25) is 0 Å². The number of hydrogen-bond acceptors (Lipinski definition) is 7. The van der Waals surface area contributed by atoms with E-state index in [0.29, 0.717) is 23.9 Å². The number of allylic oxidation sites excluding steroid dienone is 34. The van der Waals surface area contributed by atoms with Gasteiger partial charge in [0.1, 0.15) is 19.8 Å². The van der Waals surface area contributed by atoms with E-state index >= 15 is 0 Å². The average Bonchev–Trinajstić information content (AvgIpc) is 3.61. The van der Waals surface area contributed by atoms with Crippen molar-refractivity contribution in [2.75, 3.05) is 47.5 Å². The molecule has 0 fully saturated rings. The summed E-state index contributed by atoms with van der Waals surface area (Å²) in [4.78, 5) is 35.8. The standard InChI is InChI=1S/C74H114NO8P/c1-6-8-10-12-14-16-18-20-22-24-26-28-30-32-34-35-36-37-38-39-41-43-45-47-49-51-53-55-57-59-61-63-65-67-74(77)83-72(71-82-84(78,79)81-69-68-75(3,4)5)70-80-73(76)66-64-62-60-58-56-54-52-50-48-46-44-42-40-33-31-29-27-25-23-21-19-17-15-13-11-9-7-2/h8-11,14-17,20-23,26-29,32-34,36-37,39-41,44-47,50-53,56,58,72H,6-7,12-13,18-19,24-25,30-31,35,38,42-43,48-49,54-55,57,59-71H2,1-5H3/p+1/b10-8-,11-9-,16-14-,17-15-,22-20-,23-21-,28-26-,29-27-,34-32-,37-36-,40-33-,41-39-,46-44-,47-45-,52-50-,53-51-,58-56-. The molecule has 0 aromatic heterocycles. The fourth-order valence-electron chi connectivity index (χ4n) is 7.49. The summed E-state index contributed by atoms with van der Waals surface area (Å²) in [7, 11) is 1.40. The minimum absolute atomic E-state index is 0.00699. The van der Waals surface area contributed by atoms with Gasteiger partial charge in [-0.05, 0) is 148 Å². The van der Waals surface area contributed by atoms with Crippen LogP contribution in [0.15, 0.2) is 207 Å². The number of hydrogen-bond donors (Lipinski definition) is 1. The fraction of sp³-hybridized carbons (Fsp3) is 0.514. The summed E-state index contributed by atoms with van der Waals surface area (Å²) in [5.74, 6) is -0.892. The number of quaternary nitrogens is 1. The number of rotatable bonds is 55. The zero-order chi connectivity index (χ0) is 61.2. The van der Waals surface area contributed by atoms with Crippen LogP contribution in [0, 0.1) is 0 Å². The molecule has 84 heavy (non-hydrogen) atoms. The zero-order valence-corrected chi connectivity index (χ0v) is 53.9. The first kappa shape index (κ1) is 78.6. The summed E-state index contributed by atoms with van der Waals surface area (Å²) in [6.45, 7) is 4.09. The van der Waals surface area contributed by atoms with Gasteiger partial charge >= 0.3 is 19.8 Å². The van der Waals surface area contributed by atoms with Gasteiger partial charge in [0.2, 0.25) is 0 Å². The molecule has 0 aromatic carbocycles. The maximum absolute atomic E-state index is 12.8. The second-order valence-corrected chi connectivity index (χ2v) is 22.8. The van der Waals surface area contributed by atoms with Gasteiger partial charge in [-0.25, -0.2) is 4.57 Å². The van der Waals surface area contributed by atoms with Gasteiger partial charge in [-0.2, -0.15) is 0 Å². The Balaban J connectivity index is 4.33. The van der Waals surface area contributed by atoms with E-state index in [1.165, 1.54) is 0 Å². The smallest absolute Gasteiger partial charge is 0.462 e. The van der Waals surface area contributed by atoms with Crippen molar-refractivity contribution < 1.29 is 42.1 Å². The van der Waals surface area contributed by atoms with E-state index in [9.17, 15) is 19.0 Å². The maximum atomic E-state index is 12.8. The molecule has 0 radical (unpaired) electrons. The Morgan fingerprint density at radius 2 is 0.643 bits per heavy atom. The van der Waals surface area contributed by atoms with Crippen LogP contribution >= 0.6 is 7.82 Å². The Labute approximate surface area is 513 Å². The van der Waals surface area contributed by atoms with Gasteiger partial charge in [-0.3, -0.25) is 18.6 Å². The number of ether oxygens (including phenoxy) is 2. The molecule has 0 heterocycles. The van der Waals surface area contributed by atoms with Gasteiger partial charge in [0, 0.05) is 12.8 Å². The summed E-state index contributed by atoms with van der Waals surface area (Å²) >= 11 is 0. The molecule has 1 N–H and O–H groups in total. The Bertz CT molecular complexity index is 2170. The number of esters is 2. The maximum Gasteiger partial charge on any atom is 0.472 e. The summed E-state index contributed by atoms with van der Waals surface area (Å²) < 4.78 is 34.5. The number of likely N-dealkylation sites (N-methyl/N-ethyl adjacent to an activating group) is 1. The Morgan fingerprint density at radius 3 is 0.976 bits per heavy atom. The molecule has 0 aromatic rings. The highest BCUT2D eigenvalue weighted by Crippen LogP contribution is 2.43. The molecule has 0 saturated carbocycles. The van der Waals surface area contributed by atoms with Gasteiger partial charge in [0.25, 0.3) is 0 Å². The Morgan fingerprint density at radius 1 is 0.369 bits per heavy atom. The molecule has 0 rings (SSSR count). The number of phosphoric acid groups is 1. The molecule has 10 heteroatoms. The van der Waals surface area contributed by atoms with Gasteiger partial charge in [0.05, 0.1) is 27.7 Å². The van der Waals surface area contributed by atoms with Gasteiger partial charge in [-0.1, -0.05) is 240 Å². The molecule has 0 spiro atoms. The third kappa shape index (κ3) is 65.7. The van der Waals surface area contributed by atoms with Crippen LogP contribution in [-0.4, -0.2) is 74.9 Å². The van der Waals surface area contributed by atoms with Crippen LogP contribution in [0.3, 0.4) is 0 Å². The number of carbonyl (C=O) groups excluding carboxylic acids is 2. The Kier molecular flexibility index (Phi) is 58.1. The van der Waals surface area contributed by atoms with E-state index in [-0.39, 0.29) is 26.1 Å². The molecule has 2 atom stereocenters. The largest absolute Gasteiger partial charge is 0.472 e. The SMILES string of the molecule is CC/C=C\C/C=C\C/C=C\C/C=C\C/C=C\C/C=C\C/C=C\C/C=C\C/C=C\CCCCCCCC(=O)OC(COC(=O)CCCC/C=C\C/C=C\C/C=C\C/C=C\C/C=C\C/C=C\C/C=C\C/C=C\CC)COP(=O)(O)OCC[N+](C)(C)C. The van der Waals surface area contributed by atoms with Gasteiger partial charge in [-0.15, -0.1) is 0 Å². The molecular formula is C74H115NO8P+. The Hall–Kier alpha value is -5.41. The normalized spacial score (nSPS) is 14.6. The van der Waals surface area contributed by atoms with Crippen molar-refractivity contribution in [3.63, 3.8) is 0 Å². The van der Waals surface area contributed by atoms with E-state index < -0.39 is 32.5 Å². The molecule has 0 amide bonds. The third-order valence-electron chi connectivity index (χ3n) is 12.3. The number of carbonyl (C=O) groups is 2. The molecule has 0 aliphatic heterocycles. The molecule has 0 aliphatic rings. The van der Waals surface area contributed by atoms with E-state index in [1.807, 2.05) is 21.1 Å². The van der Waals surface area contributed by atoms with Gasteiger partial charge < -0.3 is 18.9 Å². The second-order valence-electron chi connectivity index (χ2n) is 21.3. The first-order valence-electron chi connectivity index (χ1n) is 31.8. The minimum Gasteiger partial charge on any atom is -0.462 e. The third-order valence-corrected chi connectivity index (χ3v) is 13.3. The predicted octanol–water partition coefficient (Wildman–Crippen LogP) is 20.7. The fourth-order valence-corrected chi connectivity index (χ4v) is 8.23. The first-order chi connectivity index (χ1) is 41.0. The highest BCUT2D eigenvalue weighted by Gasteiger charge is 2.27. The van der Waals surface area contributed by atoms with Gasteiger partial charge in [0.15, 0.2) is 6.10 Å². The van der Waals surface area contributed by atoms with Crippen LogP contribution < -0.4 is 0 Å². The summed E-state index contributed by atoms with van der Waals surface area (Å²) in [5, 5.41) is 0. The summed E-state index contributed by atoms with van der Waals surface area (Å²) in [5.41, 5.74) is 0. The van der Waals surface area contributed by atoms with E-state index in [0.717, 1.165) is 154 Å². The first-order valence-corrected chi connectivity index (χ1v) is 33.3. The topological polar surface area (TPSA) is 108 Å². The van der Waals surface area contributed by atoms with Crippen LogP contribution in [0.25, 0.3) is 0 Å². The van der Waals surface area contributed by atoms with Crippen LogP contribution in [-0.2, 0) is 32.7 Å². The molecule has 0 aliphatic carbocycles. The minimum atomic E-state index is -4.42. The van der Waals surface area contributed by atoms with Crippen molar-refractivity contribution >= 4 is 19.8 Å². The molecule has 0 bridgehead atoms. The van der Waals surface area contributed by atoms with Crippen molar-refractivity contribution in [2.24, 2.45) is 0 Å². The zero-order valence-electron chi connectivity index (χ0n) is 53.0. The molecular weight excluding hydrogens is 1060 g/mol. The van der Waals surface area contributed by atoms with Crippen molar-refractivity contribution in [2.45, 2.75) is 200 Å². The van der Waals surface area contributed by atoms with E-state index in [4.69, 9.17) is 18.5 Å². The molecule has 0 saturated heterocycles. The van der Waals surface area contributed by atoms with Crippen molar-refractivity contribution in [1.29, 1.82) is 0 Å². The molecule has 9 nitrogen and oxygen atoms in total. The summed E-state index contributed by atoms with van der Waals surface area (Å²) in [6.07, 6.45) is 99.1. The van der Waals surface area contributed by atoms with E-state index in [2.05, 4.69) is 220 Å². The predicted molar refractivity (Wildman–Crippen MR) is 361 cm³/mol. The number of unbranched alkanes of at least 4 members (excludes halogenated alkanes) is 7. The van der Waals surface area contributed by atoms with E-state index in [1.54, 1.807) is 0 Å². The van der Waals surface area contributed by atoms with Crippen molar-refractivity contribution in [1.82, 2.24) is 0 Å². The lowest BCUT2D eigenvalue weighted by atomic mass is 10.1. The number of phosphoric ester groups is 1. The van der Waals surface area contributed by atoms with Crippen molar-refractivity contribution in [3.8, 4) is 0 Å². The van der Waals surface area contributed by atoms with Crippen LogP contribution in [0.4, 0.5) is 0 Å². The molecule has 468 valence electrons. The van der Waals surface area contributed by atoms with Crippen LogP contribution in [0.1, 0.15) is 194 Å². The lowest BCUT2D eigenvalue weighted by molar-refractivity contribution is -0.870. The summed E-state index contributed by atoms with van der Waals surface area (Å²) in [6, 6.07) is 0. The lowest BCUT2D eigenvalue weighted by Crippen LogP contribution is -2.37. The highest BCUT2D eigenvalue weighted by atomic mass is 31.2. The monoisotopic (exact) mass is 1180 g/mol. The highest BCUT2D eigenvalue weighted by molar-refractivity contribution is 7.47. The lowest BCUT2D eigenvalue weighted by Gasteiger charge is -2.24. The average molecular weight is 1180 g/mol. The van der Waals surface area contributed by atoms with Crippen molar-refractivity contribution in [3.05, 3.63) is 207 Å². The quantitative estimate of drug-likeness (QED) is 0.0211.